The molecule has 4 nitrogen and oxygen atoms in total. The van der Waals surface area contributed by atoms with E-state index in [-0.39, 0.29) is 0 Å². The van der Waals surface area contributed by atoms with Crippen LogP contribution in [-0.4, -0.2) is 11.6 Å². The van der Waals surface area contributed by atoms with Gasteiger partial charge in [-0.1, -0.05) is 30.3 Å². The summed E-state index contributed by atoms with van der Waals surface area (Å²) in [6.45, 7) is 3.41. The van der Waals surface area contributed by atoms with E-state index in [1.807, 2.05) is 61.5 Å². The second-order valence-electron chi connectivity index (χ2n) is 6.00. The Morgan fingerprint density at radius 3 is 2.62 bits per heavy atom. The Hall–Kier alpha value is -3.27. The van der Waals surface area contributed by atoms with Crippen LogP contribution in [0, 0.1) is 0 Å². The van der Waals surface area contributed by atoms with E-state index in [1.165, 1.54) is 5.56 Å². The van der Waals surface area contributed by atoms with Gasteiger partial charge in [0.2, 0.25) is 5.89 Å². The van der Waals surface area contributed by atoms with Crippen LogP contribution in [0.25, 0.3) is 22.6 Å². The summed E-state index contributed by atoms with van der Waals surface area (Å²) in [4.78, 5) is 4.56. The molecule has 0 unspecified atom stereocenters. The Morgan fingerprint density at radius 1 is 0.962 bits per heavy atom. The van der Waals surface area contributed by atoms with Crippen LogP contribution in [0.5, 0.6) is 5.75 Å². The largest absolute Gasteiger partial charge is 0.494 e. The summed E-state index contributed by atoms with van der Waals surface area (Å²) in [5.74, 6) is 1.53. The summed E-state index contributed by atoms with van der Waals surface area (Å²) in [6, 6.07) is 24.0. The minimum atomic E-state index is 0.635. The molecule has 0 saturated heterocycles. The number of nitrogens with one attached hydrogen (secondary N) is 1. The molecule has 0 aliphatic heterocycles. The molecule has 4 heteroatoms. The maximum atomic E-state index is 5.86. The minimum absolute atomic E-state index is 0.635. The van der Waals surface area contributed by atoms with Gasteiger partial charge in [-0.15, -0.1) is 0 Å². The van der Waals surface area contributed by atoms with E-state index in [0.717, 1.165) is 34.6 Å². The van der Waals surface area contributed by atoms with Crippen molar-refractivity contribution in [2.24, 2.45) is 0 Å². The van der Waals surface area contributed by atoms with Crippen molar-refractivity contribution in [3.8, 4) is 17.2 Å². The van der Waals surface area contributed by atoms with E-state index in [1.54, 1.807) is 0 Å². The Labute approximate surface area is 152 Å². The zero-order valence-corrected chi connectivity index (χ0v) is 14.6. The second-order valence-corrected chi connectivity index (χ2v) is 6.00. The SMILES string of the molecule is CCOc1ccc(CNc2cccc(-c3nc4ccccc4o3)c2)cc1. The topological polar surface area (TPSA) is 47.3 Å². The summed E-state index contributed by atoms with van der Waals surface area (Å²) in [5.41, 5.74) is 4.85. The van der Waals surface area contributed by atoms with Crippen molar-refractivity contribution < 1.29 is 9.15 Å². The quantitative estimate of drug-likeness (QED) is 0.501. The highest BCUT2D eigenvalue weighted by Crippen LogP contribution is 2.26. The third kappa shape index (κ3) is 3.54. The molecule has 130 valence electrons. The molecule has 0 spiro atoms. The van der Waals surface area contributed by atoms with Crippen molar-refractivity contribution in [3.05, 3.63) is 78.4 Å². The Bertz CT molecular complexity index is 973. The molecule has 1 N–H and O–H groups in total. The van der Waals surface area contributed by atoms with Gasteiger partial charge >= 0.3 is 0 Å². The summed E-state index contributed by atoms with van der Waals surface area (Å²) >= 11 is 0. The van der Waals surface area contributed by atoms with Crippen molar-refractivity contribution in [2.75, 3.05) is 11.9 Å². The van der Waals surface area contributed by atoms with Gasteiger partial charge in [0.25, 0.3) is 0 Å². The summed E-state index contributed by atoms with van der Waals surface area (Å²) in [6.07, 6.45) is 0. The molecule has 0 radical (unpaired) electrons. The molecule has 0 aliphatic carbocycles. The molecule has 0 fully saturated rings. The molecular formula is C22H20N2O2. The number of benzene rings is 3. The highest BCUT2D eigenvalue weighted by atomic mass is 16.5. The average molecular weight is 344 g/mol. The predicted octanol–water partition coefficient (Wildman–Crippen LogP) is 5.51. The van der Waals surface area contributed by atoms with Gasteiger partial charge in [0.05, 0.1) is 6.61 Å². The minimum Gasteiger partial charge on any atom is -0.494 e. The lowest BCUT2D eigenvalue weighted by Crippen LogP contribution is -1.99. The number of fused-ring (bicyclic) bond motifs is 1. The molecule has 0 amide bonds. The summed E-state index contributed by atoms with van der Waals surface area (Å²) < 4.78 is 11.3. The standard InChI is InChI=1S/C22H20N2O2/c1-2-25-19-12-10-16(11-13-19)15-23-18-7-5-6-17(14-18)22-24-20-8-3-4-9-21(20)26-22/h3-14,23H,2,15H2,1H3. The maximum absolute atomic E-state index is 5.86. The molecular weight excluding hydrogens is 324 g/mol. The third-order valence-electron chi connectivity index (χ3n) is 4.13. The molecule has 0 saturated carbocycles. The number of para-hydroxylation sites is 2. The summed E-state index contributed by atoms with van der Waals surface area (Å²) in [7, 11) is 0. The van der Waals surface area contributed by atoms with Crippen LogP contribution < -0.4 is 10.1 Å². The van der Waals surface area contributed by atoms with E-state index in [4.69, 9.17) is 9.15 Å². The molecule has 26 heavy (non-hydrogen) atoms. The van der Waals surface area contributed by atoms with Gasteiger partial charge in [-0.25, -0.2) is 4.98 Å². The van der Waals surface area contributed by atoms with Gasteiger partial charge in [0, 0.05) is 17.8 Å². The lowest BCUT2D eigenvalue weighted by Gasteiger charge is -2.08. The number of anilines is 1. The van der Waals surface area contributed by atoms with E-state index >= 15 is 0 Å². The first-order chi connectivity index (χ1) is 12.8. The van der Waals surface area contributed by atoms with Crippen molar-refractivity contribution in [1.82, 2.24) is 4.98 Å². The fourth-order valence-corrected chi connectivity index (χ4v) is 2.83. The van der Waals surface area contributed by atoms with Crippen LogP contribution in [-0.2, 0) is 6.54 Å². The number of ether oxygens (including phenoxy) is 1. The molecule has 3 aromatic carbocycles. The van der Waals surface area contributed by atoms with Crippen molar-refractivity contribution in [3.63, 3.8) is 0 Å². The van der Waals surface area contributed by atoms with Gasteiger partial charge in [0.15, 0.2) is 5.58 Å². The number of hydrogen-bond donors (Lipinski definition) is 1. The molecule has 0 atom stereocenters. The molecule has 4 aromatic rings. The van der Waals surface area contributed by atoms with Gasteiger partial charge in [-0.3, -0.25) is 0 Å². The fraction of sp³-hybridized carbons (Fsp3) is 0.136. The first kappa shape index (κ1) is 16.2. The Morgan fingerprint density at radius 2 is 1.81 bits per heavy atom. The molecule has 1 heterocycles. The Balaban J connectivity index is 1.48. The first-order valence-corrected chi connectivity index (χ1v) is 8.73. The van der Waals surface area contributed by atoms with Crippen LogP contribution >= 0.6 is 0 Å². The van der Waals surface area contributed by atoms with Crippen LogP contribution in [0.1, 0.15) is 12.5 Å². The zero-order valence-electron chi connectivity index (χ0n) is 14.6. The third-order valence-corrected chi connectivity index (χ3v) is 4.13. The lowest BCUT2D eigenvalue weighted by atomic mass is 10.2. The fourth-order valence-electron chi connectivity index (χ4n) is 2.83. The molecule has 4 rings (SSSR count). The zero-order chi connectivity index (χ0) is 17.8. The lowest BCUT2D eigenvalue weighted by molar-refractivity contribution is 0.340. The van der Waals surface area contributed by atoms with Crippen LogP contribution in [0.15, 0.2) is 77.2 Å². The smallest absolute Gasteiger partial charge is 0.227 e. The highest BCUT2D eigenvalue weighted by Gasteiger charge is 2.08. The Kier molecular flexibility index (Phi) is 4.56. The molecule has 0 aliphatic rings. The van der Waals surface area contributed by atoms with Crippen LogP contribution in [0.4, 0.5) is 5.69 Å². The highest BCUT2D eigenvalue weighted by molar-refractivity contribution is 5.76. The number of nitrogens with zero attached hydrogens (tertiary/aromatic N) is 1. The van der Waals surface area contributed by atoms with Gasteiger partial charge in [-0.2, -0.15) is 0 Å². The predicted molar refractivity (Wildman–Crippen MR) is 104 cm³/mol. The summed E-state index contributed by atoms with van der Waals surface area (Å²) in [5, 5.41) is 3.45. The van der Waals surface area contributed by atoms with E-state index in [2.05, 4.69) is 28.5 Å². The number of hydrogen-bond acceptors (Lipinski definition) is 4. The van der Waals surface area contributed by atoms with Gasteiger partial charge in [-0.05, 0) is 55.0 Å². The van der Waals surface area contributed by atoms with Crippen molar-refractivity contribution in [2.45, 2.75) is 13.5 Å². The number of rotatable bonds is 6. The average Bonchev–Trinajstić information content (AvgIpc) is 3.12. The van der Waals surface area contributed by atoms with Crippen LogP contribution in [0.2, 0.25) is 0 Å². The maximum Gasteiger partial charge on any atom is 0.227 e. The van der Waals surface area contributed by atoms with Gasteiger partial charge in [0.1, 0.15) is 11.3 Å². The normalized spacial score (nSPS) is 10.8. The van der Waals surface area contributed by atoms with E-state index in [9.17, 15) is 0 Å². The second kappa shape index (κ2) is 7.31. The molecule has 0 bridgehead atoms. The monoisotopic (exact) mass is 344 g/mol. The number of oxazole rings is 1. The van der Waals surface area contributed by atoms with E-state index in [0.29, 0.717) is 12.5 Å². The van der Waals surface area contributed by atoms with E-state index < -0.39 is 0 Å². The first-order valence-electron chi connectivity index (χ1n) is 8.73. The van der Waals surface area contributed by atoms with Crippen LogP contribution in [0.3, 0.4) is 0 Å². The van der Waals surface area contributed by atoms with Crippen molar-refractivity contribution >= 4 is 16.8 Å². The number of aromatic nitrogens is 1. The van der Waals surface area contributed by atoms with Crippen molar-refractivity contribution in [1.29, 1.82) is 0 Å². The van der Waals surface area contributed by atoms with Gasteiger partial charge < -0.3 is 14.5 Å². The molecule has 1 aromatic heterocycles.